The van der Waals surface area contributed by atoms with E-state index < -0.39 is 0 Å². The fraction of sp³-hybridized carbons (Fsp3) is 0.600. The maximum Gasteiger partial charge on any atom is 0.421 e. The largest absolute Gasteiger partial charge is 0.421 e. The third kappa shape index (κ3) is 3.97. The molecule has 0 radical (unpaired) electrons. The van der Waals surface area contributed by atoms with E-state index in [-0.39, 0.29) is 29.8 Å². The molecule has 0 saturated carbocycles. The van der Waals surface area contributed by atoms with Gasteiger partial charge in [0, 0.05) is 43.2 Å². The number of hydrogen-bond donors (Lipinski definition) is 0. The molecule has 152 valence electrons. The first-order valence-corrected chi connectivity index (χ1v) is 10.2. The molecule has 8 heteroatoms. The first-order valence-electron chi connectivity index (χ1n) is 9.86. The summed E-state index contributed by atoms with van der Waals surface area (Å²) < 4.78 is 12.7. The molecule has 2 fully saturated rings. The number of amides is 1. The topological polar surface area (TPSA) is 67.9 Å². The molecule has 1 amide bonds. The smallest absolute Gasteiger partial charge is 0.408 e. The van der Waals surface area contributed by atoms with Crippen molar-refractivity contribution in [2.45, 2.75) is 45.6 Å². The standard InChI is InChI=1S/C20H26ClN3O4/c1-13-10-23(11-14(2)27-13)19(25)15-5-7-22(8-6-15)12-24-17-4-3-16(21)9-18(17)28-20(24)26/h3-4,9,13-15H,5-8,10-12H2,1-2H3/t13-,14-/m0/s1. The fourth-order valence-corrected chi connectivity index (χ4v) is 4.47. The Labute approximate surface area is 168 Å². The van der Waals surface area contributed by atoms with Crippen LogP contribution in [0.4, 0.5) is 0 Å². The van der Waals surface area contributed by atoms with Gasteiger partial charge in [-0.3, -0.25) is 14.3 Å². The summed E-state index contributed by atoms with van der Waals surface area (Å²) in [5.41, 5.74) is 1.24. The molecular formula is C20H26ClN3O4. The van der Waals surface area contributed by atoms with Gasteiger partial charge < -0.3 is 14.1 Å². The van der Waals surface area contributed by atoms with Gasteiger partial charge in [-0.1, -0.05) is 11.6 Å². The Balaban J connectivity index is 1.38. The maximum absolute atomic E-state index is 12.9. The number of nitrogens with zero attached hydrogens (tertiary/aromatic N) is 3. The van der Waals surface area contributed by atoms with E-state index in [1.165, 1.54) is 0 Å². The summed E-state index contributed by atoms with van der Waals surface area (Å²) in [6, 6.07) is 5.22. The zero-order chi connectivity index (χ0) is 19.8. The number of hydrogen-bond acceptors (Lipinski definition) is 5. The number of halogens is 1. The summed E-state index contributed by atoms with van der Waals surface area (Å²) in [4.78, 5) is 29.3. The van der Waals surface area contributed by atoms with Crippen molar-refractivity contribution in [1.82, 2.24) is 14.4 Å². The van der Waals surface area contributed by atoms with Gasteiger partial charge in [0.15, 0.2) is 5.58 Å². The van der Waals surface area contributed by atoms with E-state index in [0.29, 0.717) is 30.4 Å². The Morgan fingerprint density at radius 2 is 1.86 bits per heavy atom. The molecule has 3 heterocycles. The zero-order valence-corrected chi connectivity index (χ0v) is 17.0. The number of rotatable bonds is 3. The highest BCUT2D eigenvalue weighted by Crippen LogP contribution is 2.24. The molecule has 0 aliphatic carbocycles. The summed E-state index contributed by atoms with van der Waals surface area (Å²) in [6.45, 7) is 7.37. The lowest BCUT2D eigenvalue weighted by Crippen LogP contribution is -2.51. The molecule has 2 aromatic rings. The number of oxazole rings is 1. The van der Waals surface area contributed by atoms with Gasteiger partial charge in [0.05, 0.1) is 24.4 Å². The number of benzene rings is 1. The molecule has 2 aliphatic rings. The van der Waals surface area contributed by atoms with Crippen LogP contribution in [-0.2, 0) is 16.2 Å². The van der Waals surface area contributed by atoms with Gasteiger partial charge in [-0.2, -0.15) is 0 Å². The number of fused-ring (bicyclic) bond motifs is 1. The van der Waals surface area contributed by atoms with Crippen LogP contribution in [0.2, 0.25) is 5.02 Å². The third-order valence-electron chi connectivity index (χ3n) is 5.64. The number of morpholine rings is 1. The van der Waals surface area contributed by atoms with Crippen LogP contribution in [0.3, 0.4) is 0 Å². The first-order chi connectivity index (χ1) is 13.4. The number of carbonyl (C=O) groups excluding carboxylic acids is 1. The van der Waals surface area contributed by atoms with Crippen LogP contribution in [0.15, 0.2) is 27.4 Å². The molecule has 1 aromatic heterocycles. The van der Waals surface area contributed by atoms with E-state index >= 15 is 0 Å². The van der Waals surface area contributed by atoms with Gasteiger partial charge in [-0.05, 0) is 38.8 Å². The van der Waals surface area contributed by atoms with Gasteiger partial charge in [-0.25, -0.2) is 4.79 Å². The average molecular weight is 408 g/mol. The van der Waals surface area contributed by atoms with Crippen molar-refractivity contribution >= 4 is 28.6 Å². The number of likely N-dealkylation sites (tertiary alicyclic amines) is 1. The molecule has 0 spiro atoms. The van der Waals surface area contributed by atoms with Gasteiger partial charge in [0.25, 0.3) is 0 Å². The molecule has 2 atom stereocenters. The Bertz CT molecular complexity index is 906. The van der Waals surface area contributed by atoms with Crippen molar-refractivity contribution in [3.63, 3.8) is 0 Å². The van der Waals surface area contributed by atoms with Crippen molar-refractivity contribution in [3.05, 3.63) is 33.8 Å². The van der Waals surface area contributed by atoms with Crippen molar-refractivity contribution in [2.75, 3.05) is 26.2 Å². The van der Waals surface area contributed by atoms with Crippen molar-refractivity contribution in [1.29, 1.82) is 0 Å². The van der Waals surface area contributed by atoms with Gasteiger partial charge in [-0.15, -0.1) is 0 Å². The molecule has 28 heavy (non-hydrogen) atoms. The number of carbonyl (C=O) groups is 1. The van der Waals surface area contributed by atoms with Crippen LogP contribution in [-0.4, -0.2) is 58.7 Å². The molecule has 2 saturated heterocycles. The molecule has 2 aliphatic heterocycles. The highest BCUT2D eigenvalue weighted by Gasteiger charge is 2.32. The fourth-order valence-electron chi connectivity index (χ4n) is 4.31. The average Bonchev–Trinajstić information content (AvgIpc) is 2.95. The number of aromatic nitrogens is 1. The molecule has 0 N–H and O–H groups in total. The Morgan fingerprint density at radius 3 is 2.54 bits per heavy atom. The lowest BCUT2D eigenvalue weighted by atomic mass is 9.95. The summed E-state index contributed by atoms with van der Waals surface area (Å²) in [7, 11) is 0. The number of piperidine rings is 1. The van der Waals surface area contributed by atoms with Crippen molar-refractivity contribution in [3.8, 4) is 0 Å². The minimum atomic E-state index is -0.383. The summed E-state index contributed by atoms with van der Waals surface area (Å²) in [5.74, 6) is -0.0978. The lowest BCUT2D eigenvalue weighted by Gasteiger charge is -2.39. The van der Waals surface area contributed by atoms with Crippen LogP contribution in [0, 0.1) is 5.92 Å². The molecule has 0 bridgehead atoms. The lowest BCUT2D eigenvalue weighted by molar-refractivity contribution is -0.149. The van der Waals surface area contributed by atoms with Crippen LogP contribution in [0.25, 0.3) is 11.1 Å². The van der Waals surface area contributed by atoms with Crippen molar-refractivity contribution in [2.24, 2.45) is 5.92 Å². The quantitative estimate of drug-likeness (QED) is 0.782. The second-order valence-corrected chi connectivity index (χ2v) is 8.38. The molecule has 7 nitrogen and oxygen atoms in total. The summed E-state index contributed by atoms with van der Waals surface area (Å²) >= 11 is 5.97. The van der Waals surface area contributed by atoms with Crippen LogP contribution >= 0.6 is 11.6 Å². The predicted molar refractivity (Wildman–Crippen MR) is 106 cm³/mol. The minimum absolute atomic E-state index is 0.0466. The van der Waals surface area contributed by atoms with Crippen molar-refractivity contribution < 1.29 is 13.9 Å². The molecule has 1 aromatic carbocycles. The van der Waals surface area contributed by atoms with Crippen LogP contribution < -0.4 is 5.76 Å². The van der Waals surface area contributed by atoms with E-state index in [1.807, 2.05) is 18.7 Å². The molecule has 0 unspecified atom stereocenters. The van der Waals surface area contributed by atoms with E-state index in [0.717, 1.165) is 31.4 Å². The van der Waals surface area contributed by atoms with E-state index in [4.69, 9.17) is 20.8 Å². The Morgan fingerprint density at radius 1 is 1.18 bits per heavy atom. The van der Waals surface area contributed by atoms with Crippen LogP contribution in [0.1, 0.15) is 26.7 Å². The maximum atomic E-state index is 12.9. The molecular weight excluding hydrogens is 382 g/mol. The third-order valence-corrected chi connectivity index (χ3v) is 5.87. The first kappa shape index (κ1) is 19.5. The Kier molecular flexibility index (Phi) is 5.49. The molecule has 4 rings (SSSR count). The SMILES string of the molecule is C[C@H]1CN(C(=O)C2CCN(Cn3c(=O)oc4cc(Cl)ccc43)CC2)C[C@H](C)O1. The summed E-state index contributed by atoms with van der Waals surface area (Å²) in [6.07, 6.45) is 1.77. The van der Waals surface area contributed by atoms with E-state index in [9.17, 15) is 9.59 Å². The van der Waals surface area contributed by atoms with Gasteiger partial charge in [0.1, 0.15) is 0 Å². The van der Waals surface area contributed by atoms with E-state index in [1.54, 1.807) is 22.8 Å². The highest BCUT2D eigenvalue weighted by atomic mass is 35.5. The van der Waals surface area contributed by atoms with Gasteiger partial charge in [0.2, 0.25) is 5.91 Å². The van der Waals surface area contributed by atoms with Gasteiger partial charge >= 0.3 is 5.76 Å². The van der Waals surface area contributed by atoms with Crippen LogP contribution in [0.5, 0.6) is 0 Å². The monoisotopic (exact) mass is 407 g/mol. The Hall–Kier alpha value is -1.83. The summed E-state index contributed by atoms with van der Waals surface area (Å²) in [5, 5.41) is 0.541. The highest BCUT2D eigenvalue weighted by molar-refractivity contribution is 6.31. The second kappa shape index (κ2) is 7.89. The predicted octanol–water partition coefficient (Wildman–Crippen LogP) is 2.55. The normalized spacial score (nSPS) is 24.8. The minimum Gasteiger partial charge on any atom is -0.408 e. The second-order valence-electron chi connectivity index (χ2n) is 7.94. The zero-order valence-electron chi connectivity index (χ0n) is 16.3. The van der Waals surface area contributed by atoms with E-state index in [2.05, 4.69) is 4.90 Å². The number of ether oxygens (including phenoxy) is 1.